The van der Waals surface area contributed by atoms with E-state index in [-0.39, 0.29) is 17.3 Å². The highest BCUT2D eigenvalue weighted by Gasteiger charge is 2.36. The van der Waals surface area contributed by atoms with Gasteiger partial charge in [0.15, 0.2) is 4.84 Å². The molecule has 2 atom stereocenters. The second-order valence-corrected chi connectivity index (χ2v) is 7.43. The number of rotatable bonds is 10. The van der Waals surface area contributed by atoms with Gasteiger partial charge >= 0.3 is 11.9 Å². The summed E-state index contributed by atoms with van der Waals surface area (Å²) in [6.07, 6.45) is -0.569. The number of halogens is 2. The van der Waals surface area contributed by atoms with Gasteiger partial charge in [-0.3, -0.25) is 24.5 Å². The van der Waals surface area contributed by atoms with Crippen LogP contribution in [-0.2, 0) is 19.1 Å². The number of hydrogen-bond donors (Lipinski definition) is 3. The normalized spacial score (nSPS) is 21.9. The highest BCUT2D eigenvalue weighted by molar-refractivity contribution is 6.53. The van der Waals surface area contributed by atoms with Gasteiger partial charge in [-0.1, -0.05) is 23.2 Å². The molecule has 3 N–H and O–H groups in total. The largest absolute Gasteiger partial charge is 0.481 e. The summed E-state index contributed by atoms with van der Waals surface area (Å²) < 4.78 is 4.94. The lowest BCUT2D eigenvalue weighted by Gasteiger charge is -2.33. The Morgan fingerprint density at radius 3 is 2.26 bits per heavy atom. The Hall–Kier alpha value is -1.65. The van der Waals surface area contributed by atoms with E-state index in [1.807, 2.05) is 0 Å². The fourth-order valence-electron chi connectivity index (χ4n) is 2.92. The van der Waals surface area contributed by atoms with Crippen LogP contribution < -0.4 is 5.32 Å². The van der Waals surface area contributed by atoms with Crippen molar-refractivity contribution in [1.82, 2.24) is 5.32 Å². The summed E-state index contributed by atoms with van der Waals surface area (Å²) in [5.41, 5.74) is 0. The van der Waals surface area contributed by atoms with Crippen LogP contribution in [0.25, 0.3) is 0 Å². The standard InChI is InChI=1S/C15H22Cl2N2O8/c16-14(17)15(24)18-10(7-27-12(22)6-5-11(20)21)13(23)8-1-3-9(4-2-8)19(25)26/h8-10,13-14,23H,1-7H2,(H,18,24)(H,20,21)/t8?,9?,10?,13-/m0/s1. The number of carboxylic acid groups (broad SMARTS) is 1. The van der Waals surface area contributed by atoms with Crippen LogP contribution in [-0.4, -0.2) is 62.6 Å². The van der Waals surface area contributed by atoms with E-state index in [1.165, 1.54) is 0 Å². The third-order valence-corrected chi connectivity index (χ3v) is 4.82. The van der Waals surface area contributed by atoms with Gasteiger partial charge < -0.3 is 20.3 Å². The maximum Gasteiger partial charge on any atom is 0.306 e. The molecule has 0 heterocycles. The number of amides is 1. The van der Waals surface area contributed by atoms with Gasteiger partial charge in [0.2, 0.25) is 6.04 Å². The first kappa shape index (κ1) is 23.4. The van der Waals surface area contributed by atoms with Crippen molar-refractivity contribution in [2.75, 3.05) is 6.61 Å². The smallest absolute Gasteiger partial charge is 0.306 e. The molecule has 12 heteroatoms. The molecule has 10 nitrogen and oxygen atoms in total. The van der Waals surface area contributed by atoms with Crippen molar-refractivity contribution in [1.29, 1.82) is 0 Å². The number of ether oxygens (including phenoxy) is 1. The van der Waals surface area contributed by atoms with E-state index in [4.69, 9.17) is 33.0 Å². The summed E-state index contributed by atoms with van der Waals surface area (Å²) in [5.74, 6) is -3.09. The minimum Gasteiger partial charge on any atom is -0.481 e. The average molecular weight is 429 g/mol. The SMILES string of the molecule is O=C(O)CCC(=O)OCC(NC(=O)C(Cl)Cl)[C@@H](O)C1CCC([N+](=O)[O-])CC1. The number of esters is 1. The minimum absolute atomic E-state index is 0.293. The Bertz CT molecular complexity index is 552. The third-order valence-electron chi connectivity index (χ3n) is 4.43. The number of alkyl halides is 2. The molecule has 154 valence electrons. The van der Waals surface area contributed by atoms with Crippen molar-refractivity contribution in [3.63, 3.8) is 0 Å². The summed E-state index contributed by atoms with van der Waals surface area (Å²) in [6, 6.07) is -1.69. The number of aliphatic hydroxyl groups excluding tert-OH is 1. The number of nitrogens with one attached hydrogen (secondary N) is 1. The predicted octanol–water partition coefficient (Wildman–Crippen LogP) is 0.879. The van der Waals surface area contributed by atoms with Crippen LogP contribution in [0.5, 0.6) is 0 Å². The predicted molar refractivity (Wildman–Crippen MR) is 94.0 cm³/mol. The van der Waals surface area contributed by atoms with Crippen molar-refractivity contribution in [2.24, 2.45) is 5.92 Å². The van der Waals surface area contributed by atoms with Crippen LogP contribution in [0.4, 0.5) is 0 Å². The zero-order valence-corrected chi connectivity index (χ0v) is 15.9. The summed E-state index contributed by atoms with van der Waals surface area (Å²) in [7, 11) is 0. The highest BCUT2D eigenvalue weighted by Crippen LogP contribution is 2.29. The molecule has 1 rings (SSSR count). The molecule has 1 aliphatic rings. The Labute approximate surface area is 165 Å². The van der Waals surface area contributed by atoms with Crippen LogP contribution in [0, 0.1) is 16.0 Å². The number of aliphatic carboxylic acids is 1. The molecule has 0 bridgehead atoms. The van der Waals surface area contributed by atoms with Gasteiger partial charge in [-0.15, -0.1) is 0 Å². The van der Waals surface area contributed by atoms with Crippen molar-refractivity contribution in [3.05, 3.63) is 10.1 Å². The molecule has 1 unspecified atom stereocenters. The van der Waals surface area contributed by atoms with Crippen LogP contribution in [0.3, 0.4) is 0 Å². The van der Waals surface area contributed by atoms with Crippen LogP contribution >= 0.6 is 23.2 Å². The second kappa shape index (κ2) is 11.3. The van der Waals surface area contributed by atoms with E-state index in [0.717, 1.165) is 0 Å². The van der Waals surface area contributed by atoms with Crippen LogP contribution in [0.2, 0.25) is 0 Å². The van der Waals surface area contributed by atoms with Crippen molar-refractivity contribution in [3.8, 4) is 0 Å². The van der Waals surface area contributed by atoms with E-state index >= 15 is 0 Å². The van der Waals surface area contributed by atoms with Crippen molar-refractivity contribution >= 4 is 41.0 Å². The van der Waals surface area contributed by atoms with E-state index in [1.54, 1.807) is 0 Å². The summed E-state index contributed by atoms with van der Waals surface area (Å²) in [5, 5.41) is 32.3. The second-order valence-electron chi connectivity index (χ2n) is 6.34. The highest BCUT2D eigenvalue weighted by atomic mass is 35.5. The molecular weight excluding hydrogens is 407 g/mol. The molecule has 1 fully saturated rings. The summed E-state index contributed by atoms with van der Waals surface area (Å²) in [6.45, 7) is -0.402. The van der Waals surface area contributed by atoms with E-state index < -0.39 is 53.9 Å². The number of carbonyl (C=O) groups excluding carboxylic acids is 2. The van der Waals surface area contributed by atoms with Gasteiger partial charge in [0.05, 0.1) is 25.0 Å². The Morgan fingerprint density at radius 2 is 1.78 bits per heavy atom. The zero-order valence-electron chi connectivity index (χ0n) is 14.4. The van der Waals surface area contributed by atoms with Gasteiger partial charge in [0.1, 0.15) is 6.61 Å². The number of carbonyl (C=O) groups is 3. The quantitative estimate of drug-likeness (QED) is 0.200. The monoisotopic (exact) mass is 428 g/mol. The Kier molecular flexibility index (Phi) is 9.75. The van der Waals surface area contributed by atoms with E-state index in [9.17, 15) is 29.6 Å². The lowest BCUT2D eigenvalue weighted by atomic mass is 9.80. The molecule has 1 aliphatic carbocycles. The van der Waals surface area contributed by atoms with Gasteiger partial charge in [0.25, 0.3) is 5.91 Å². The lowest BCUT2D eigenvalue weighted by Crippen LogP contribution is -2.51. The number of nitro groups is 1. The number of carboxylic acids is 1. The first-order valence-corrected chi connectivity index (χ1v) is 9.26. The topological polar surface area (TPSA) is 156 Å². The zero-order chi connectivity index (χ0) is 20.6. The van der Waals surface area contributed by atoms with Crippen molar-refractivity contribution in [2.45, 2.75) is 61.5 Å². The molecule has 0 saturated heterocycles. The summed E-state index contributed by atoms with van der Waals surface area (Å²) >= 11 is 11.0. The maximum absolute atomic E-state index is 11.7. The molecule has 1 amide bonds. The van der Waals surface area contributed by atoms with Crippen molar-refractivity contribution < 1.29 is 34.3 Å². The molecule has 0 aromatic heterocycles. The first-order chi connectivity index (χ1) is 12.6. The Balaban J connectivity index is 2.67. The average Bonchev–Trinajstić information content (AvgIpc) is 2.62. The number of nitrogens with zero attached hydrogens (tertiary/aromatic N) is 1. The van der Waals surface area contributed by atoms with Gasteiger partial charge in [-0.05, 0) is 18.8 Å². The molecule has 0 spiro atoms. The van der Waals surface area contributed by atoms with Gasteiger partial charge in [0, 0.05) is 17.8 Å². The molecule has 0 aliphatic heterocycles. The fourth-order valence-corrected chi connectivity index (χ4v) is 3.04. The molecule has 0 radical (unpaired) electrons. The molecule has 0 aromatic carbocycles. The first-order valence-electron chi connectivity index (χ1n) is 8.39. The Morgan fingerprint density at radius 1 is 1.19 bits per heavy atom. The molecular formula is C15H22Cl2N2O8. The molecule has 27 heavy (non-hydrogen) atoms. The fraction of sp³-hybridized carbons (Fsp3) is 0.800. The van der Waals surface area contributed by atoms with Crippen LogP contribution in [0.15, 0.2) is 0 Å². The maximum atomic E-state index is 11.7. The molecule has 0 aromatic rings. The van der Waals surface area contributed by atoms with Gasteiger partial charge in [-0.2, -0.15) is 0 Å². The van der Waals surface area contributed by atoms with Crippen LogP contribution in [0.1, 0.15) is 38.5 Å². The number of hydrogen-bond acceptors (Lipinski definition) is 7. The molecule has 1 saturated carbocycles. The summed E-state index contributed by atoms with van der Waals surface area (Å²) in [4.78, 5) is 42.9. The van der Waals surface area contributed by atoms with E-state index in [0.29, 0.717) is 25.7 Å². The van der Waals surface area contributed by atoms with E-state index in [2.05, 4.69) is 5.32 Å². The van der Waals surface area contributed by atoms with Gasteiger partial charge in [-0.25, -0.2) is 0 Å². The third kappa shape index (κ3) is 8.27. The minimum atomic E-state index is -1.40. The number of aliphatic hydroxyl groups is 1. The lowest BCUT2D eigenvalue weighted by molar-refractivity contribution is -0.527.